The molecule has 102 valence electrons. The number of nitrogens with one attached hydrogen (secondary N) is 1. The van der Waals surface area contributed by atoms with E-state index in [1.807, 2.05) is 30.5 Å². The summed E-state index contributed by atoms with van der Waals surface area (Å²) in [4.78, 5) is 4.42. The molecule has 0 radical (unpaired) electrons. The average molecular weight is 279 g/mol. The predicted octanol–water partition coefficient (Wildman–Crippen LogP) is 3.92. The molecule has 0 spiro atoms. The van der Waals surface area contributed by atoms with Crippen molar-refractivity contribution in [2.45, 2.75) is 19.9 Å². The van der Waals surface area contributed by atoms with E-state index in [1.165, 1.54) is 0 Å². The number of nitrogens with zero attached hydrogens (tertiary/aromatic N) is 1. The molecule has 0 aliphatic carbocycles. The maximum atomic E-state index is 5.89. The summed E-state index contributed by atoms with van der Waals surface area (Å²) in [6.07, 6.45) is 1.81. The summed E-state index contributed by atoms with van der Waals surface area (Å²) in [6, 6.07) is 8.25. The number of aromatic nitrogens is 1. The van der Waals surface area contributed by atoms with Gasteiger partial charge in [0.25, 0.3) is 0 Å². The molecule has 19 heavy (non-hydrogen) atoms. The van der Waals surface area contributed by atoms with E-state index < -0.39 is 0 Å². The topological polar surface area (TPSA) is 34.1 Å². The molecule has 1 aromatic carbocycles. The highest BCUT2D eigenvalue weighted by atomic mass is 35.5. The Balaban J connectivity index is 2.33. The second-order valence-electron chi connectivity index (χ2n) is 4.81. The number of fused-ring (bicyclic) bond motifs is 1. The van der Waals surface area contributed by atoms with Crippen LogP contribution in [0.3, 0.4) is 0 Å². The maximum Gasteiger partial charge on any atom is 0.134 e. The molecule has 2 unspecified atom stereocenters. The largest absolute Gasteiger partial charge is 0.497 e. The molecule has 1 heterocycles. The number of benzene rings is 1. The smallest absolute Gasteiger partial charge is 0.134 e. The van der Waals surface area contributed by atoms with Crippen molar-refractivity contribution in [2.75, 3.05) is 18.3 Å². The van der Waals surface area contributed by atoms with Crippen LogP contribution in [-0.2, 0) is 0 Å². The van der Waals surface area contributed by atoms with E-state index in [0.29, 0.717) is 11.8 Å². The first-order valence-electron chi connectivity index (χ1n) is 6.41. The number of ether oxygens (including phenoxy) is 1. The van der Waals surface area contributed by atoms with Crippen molar-refractivity contribution in [3.05, 3.63) is 30.5 Å². The zero-order chi connectivity index (χ0) is 13.8. The van der Waals surface area contributed by atoms with Crippen LogP contribution >= 0.6 is 11.6 Å². The van der Waals surface area contributed by atoms with Gasteiger partial charge in [0.1, 0.15) is 11.6 Å². The summed E-state index contributed by atoms with van der Waals surface area (Å²) >= 11 is 5.89. The molecule has 3 nitrogen and oxygen atoms in total. The van der Waals surface area contributed by atoms with Crippen LogP contribution in [-0.4, -0.2) is 24.0 Å². The molecule has 1 N–H and O–H groups in total. The molecular formula is C15H19ClN2O. The van der Waals surface area contributed by atoms with Gasteiger partial charge in [-0.3, -0.25) is 0 Å². The second-order valence-corrected chi connectivity index (χ2v) is 5.12. The minimum Gasteiger partial charge on any atom is -0.497 e. The Morgan fingerprint density at radius 2 is 2.11 bits per heavy atom. The van der Waals surface area contributed by atoms with Crippen molar-refractivity contribution in [3.8, 4) is 5.75 Å². The highest BCUT2D eigenvalue weighted by molar-refractivity contribution is 6.18. The molecule has 2 rings (SSSR count). The Hall–Kier alpha value is -1.48. The fourth-order valence-corrected chi connectivity index (χ4v) is 2.16. The molecule has 0 amide bonds. The number of methoxy groups -OCH3 is 1. The van der Waals surface area contributed by atoms with Gasteiger partial charge in [-0.15, -0.1) is 11.6 Å². The number of pyridine rings is 1. The third kappa shape index (κ3) is 3.10. The van der Waals surface area contributed by atoms with Crippen molar-refractivity contribution >= 4 is 28.2 Å². The van der Waals surface area contributed by atoms with Crippen molar-refractivity contribution in [1.29, 1.82) is 0 Å². The van der Waals surface area contributed by atoms with Crippen LogP contribution in [0.25, 0.3) is 10.8 Å². The van der Waals surface area contributed by atoms with Crippen molar-refractivity contribution in [1.82, 2.24) is 4.98 Å². The van der Waals surface area contributed by atoms with E-state index in [9.17, 15) is 0 Å². The molecule has 0 aliphatic rings. The van der Waals surface area contributed by atoms with Gasteiger partial charge in [0.15, 0.2) is 0 Å². The molecular weight excluding hydrogens is 260 g/mol. The third-order valence-electron chi connectivity index (χ3n) is 3.43. The van der Waals surface area contributed by atoms with Gasteiger partial charge in [-0.05, 0) is 42.5 Å². The van der Waals surface area contributed by atoms with Gasteiger partial charge in [-0.2, -0.15) is 0 Å². The predicted molar refractivity (Wildman–Crippen MR) is 81.3 cm³/mol. The molecule has 0 saturated carbocycles. The lowest BCUT2D eigenvalue weighted by atomic mass is 10.1. The SMILES string of the molecule is COc1ccc2c(NC(C)C(C)CCl)nccc2c1. The van der Waals surface area contributed by atoms with Crippen molar-refractivity contribution in [2.24, 2.45) is 5.92 Å². The van der Waals surface area contributed by atoms with Crippen LogP contribution in [0, 0.1) is 5.92 Å². The number of hydrogen-bond acceptors (Lipinski definition) is 3. The monoisotopic (exact) mass is 278 g/mol. The standard InChI is InChI=1S/C15H19ClN2O/c1-10(9-16)11(2)18-15-14-5-4-13(19-3)8-12(14)6-7-17-15/h4-8,10-11H,9H2,1-3H3,(H,17,18). The number of hydrogen-bond donors (Lipinski definition) is 1. The third-order valence-corrected chi connectivity index (χ3v) is 3.92. The highest BCUT2D eigenvalue weighted by Gasteiger charge is 2.12. The average Bonchev–Trinajstić information content (AvgIpc) is 2.45. The highest BCUT2D eigenvalue weighted by Crippen LogP contribution is 2.26. The molecule has 0 bridgehead atoms. The van der Waals surface area contributed by atoms with Gasteiger partial charge < -0.3 is 10.1 Å². The summed E-state index contributed by atoms with van der Waals surface area (Å²) in [5, 5.41) is 5.64. The van der Waals surface area contributed by atoms with Crippen LogP contribution in [0.15, 0.2) is 30.5 Å². The Kier molecular flexibility index (Phi) is 4.48. The summed E-state index contributed by atoms with van der Waals surface area (Å²) < 4.78 is 5.24. The molecule has 1 aromatic heterocycles. The first-order chi connectivity index (χ1) is 9.15. The number of halogens is 1. The van der Waals surface area contributed by atoms with E-state index in [1.54, 1.807) is 7.11 Å². The Labute approximate surface area is 118 Å². The van der Waals surface area contributed by atoms with Crippen LogP contribution in [0.1, 0.15) is 13.8 Å². The quantitative estimate of drug-likeness (QED) is 0.842. The zero-order valence-electron chi connectivity index (χ0n) is 11.5. The van der Waals surface area contributed by atoms with E-state index in [2.05, 4.69) is 24.1 Å². The zero-order valence-corrected chi connectivity index (χ0v) is 12.2. The lowest BCUT2D eigenvalue weighted by Gasteiger charge is -2.20. The van der Waals surface area contributed by atoms with Gasteiger partial charge in [0, 0.05) is 23.5 Å². The van der Waals surface area contributed by atoms with Gasteiger partial charge in [0.05, 0.1) is 7.11 Å². The summed E-state index contributed by atoms with van der Waals surface area (Å²) in [6.45, 7) is 4.25. The van der Waals surface area contributed by atoms with Crippen LogP contribution in [0.2, 0.25) is 0 Å². The minimum absolute atomic E-state index is 0.276. The van der Waals surface area contributed by atoms with Gasteiger partial charge >= 0.3 is 0 Å². The molecule has 0 aliphatic heterocycles. The second kappa shape index (κ2) is 6.11. The molecule has 2 aromatic rings. The summed E-state index contributed by atoms with van der Waals surface area (Å²) in [7, 11) is 1.67. The lowest BCUT2D eigenvalue weighted by molar-refractivity contribution is 0.415. The van der Waals surface area contributed by atoms with Gasteiger partial charge in [-0.25, -0.2) is 4.98 Å². The molecule has 0 saturated heterocycles. The van der Waals surface area contributed by atoms with Crippen molar-refractivity contribution in [3.63, 3.8) is 0 Å². The van der Waals surface area contributed by atoms with Crippen LogP contribution in [0.4, 0.5) is 5.82 Å². The summed E-state index contributed by atoms with van der Waals surface area (Å²) in [5.41, 5.74) is 0. The van der Waals surface area contributed by atoms with Gasteiger partial charge in [-0.1, -0.05) is 6.92 Å². The molecule has 2 atom stereocenters. The van der Waals surface area contributed by atoms with Crippen molar-refractivity contribution < 1.29 is 4.74 Å². The first kappa shape index (κ1) is 13.9. The Morgan fingerprint density at radius 3 is 2.79 bits per heavy atom. The van der Waals surface area contributed by atoms with Crippen LogP contribution < -0.4 is 10.1 Å². The number of anilines is 1. The number of rotatable bonds is 5. The first-order valence-corrected chi connectivity index (χ1v) is 6.94. The fourth-order valence-electron chi connectivity index (χ4n) is 1.89. The molecule has 0 fully saturated rings. The fraction of sp³-hybridized carbons (Fsp3) is 0.400. The lowest BCUT2D eigenvalue weighted by Crippen LogP contribution is -2.25. The molecule has 4 heteroatoms. The summed E-state index contributed by atoms with van der Waals surface area (Å²) in [5.74, 6) is 2.76. The van der Waals surface area contributed by atoms with E-state index in [4.69, 9.17) is 16.3 Å². The van der Waals surface area contributed by atoms with Gasteiger partial charge in [0.2, 0.25) is 0 Å². The number of alkyl halides is 1. The van der Waals surface area contributed by atoms with E-state index in [0.717, 1.165) is 22.3 Å². The van der Waals surface area contributed by atoms with E-state index in [-0.39, 0.29) is 6.04 Å². The maximum absolute atomic E-state index is 5.89. The minimum atomic E-state index is 0.276. The Bertz CT molecular complexity index is 559. The normalized spacial score (nSPS) is 14.1. The van der Waals surface area contributed by atoms with Crippen LogP contribution in [0.5, 0.6) is 5.75 Å². The van der Waals surface area contributed by atoms with E-state index >= 15 is 0 Å². The Morgan fingerprint density at radius 1 is 1.32 bits per heavy atom.